The molecule has 0 aliphatic carbocycles. The summed E-state index contributed by atoms with van der Waals surface area (Å²) in [7, 11) is 3.27. The van der Waals surface area contributed by atoms with E-state index in [2.05, 4.69) is 4.90 Å². The highest BCUT2D eigenvalue weighted by Crippen LogP contribution is 2.35. The summed E-state index contributed by atoms with van der Waals surface area (Å²) in [5.74, 6) is 1.60. The lowest BCUT2D eigenvalue weighted by atomic mass is 9.99. The molecule has 2 aromatic carbocycles. The maximum Gasteiger partial charge on any atom is 0.177 e. The van der Waals surface area contributed by atoms with Crippen molar-refractivity contribution in [2.45, 2.75) is 12.8 Å². The standard InChI is InChI=1S/C18H21NO3.ClH/c1-21-16-9-8-13(15(20)12-19-10-3-4-11-19)18-14(16)6-5-7-17(18)22-2;/h5-9H,3-4,10-12H2,1-2H3;1H. The van der Waals surface area contributed by atoms with Crippen molar-refractivity contribution in [2.75, 3.05) is 33.9 Å². The summed E-state index contributed by atoms with van der Waals surface area (Å²) in [5, 5.41) is 1.75. The van der Waals surface area contributed by atoms with Gasteiger partial charge < -0.3 is 9.47 Å². The third kappa shape index (κ3) is 3.43. The van der Waals surface area contributed by atoms with Gasteiger partial charge in [0.15, 0.2) is 5.78 Å². The predicted octanol–water partition coefficient (Wildman–Crippen LogP) is 3.56. The van der Waals surface area contributed by atoms with Gasteiger partial charge in [-0.2, -0.15) is 0 Å². The quantitative estimate of drug-likeness (QED) is 0.783. The first kappa shape index (κ1) is 17.6. The van der Waals surface area contributed by atoms with Crippen molar-refractivity contribution in [1.82, 2.24) is 4.90 Å². The van der Waals surface area contributed by atoms with Gasteiger partial charge in [0.1, 0.15) is 11.5 Å². The van der Waals surface area contributed by atoms with Gasteiger partial charge in [-0.1, -0.05) is 12.1 Å². The lowest BCUT2D eigenvalue weighted by Crippen LogP contribution is -2.27. The molecule has 0 N–H and O–H groups in total. The van der Waals surface area contributed by atoms with Crippen LogP contribution < -0.4 is 9.47 Å². The number of likely N-dealkylation sites (tertiary alicyclic amines) is 1. The van der Waals surface area contributed by atoms with E-state index in [-0.39, 0.29) is 18.2 Å². The highest BCUT2D eigenvalue weighted by atomic mass is 35.5. The number of benzene rings is 2. The number of ketones is 1. The molecule has 1 heterocycles. The minimum absolute atomic E-state index is 0. The summed E-state index contributed by atoms with van der Waals surface area (Å²) in [6.07, 6.45) is 2.36. The van der Waals surface area contributed by atoms with Crippen LogP contribution in [0.25, 0.3) is 10.8 Å². The maximum atomic E-state index is 12.7. The van der Waals surface area contributed by atoms with Crippen molar-refractivity contribution < 1.29 is 14.3 Å². The first-order valence-electron chi connectivity index (χ1n) is 7.64. The molecule has 23 heavy (non-hydrogen) atoms. The number of nitrogens with zero attached hydrogens (tertiary/aromatic N) is 1. The lowest BCUT2D eigenvalue weighted by molar-refractivity contribution is 0.0947. The smallest absolute Gasteiger partial charge is 0.177 e. The molecule has 1 saturated heterocycles. The van der Waals surface area contributed by atoms with Gasteiger partial charge in [0.25, 0.3) is 0 Å². The van der Waals surface area contributed by atoms with Crippen LogP contribution in [0.15, 0.2) is 30.3 Å². The van der Waals surface area contributed by atoms with Gasteiger partial charge in [-0.15, -0.1) is 12.4 Å². The molecule has 0 spiro atoms. The summed E-state index contributed by atoms with van der Waals surface area (Å²) < 4.78 is 10.9. The molecule has 5 heteroatoms. The molecule has 124 valence electrons. The Morgan fingerprint density at radius 3 is 2.39 bits per heavy atom. The normalized spacial score (nSPS) is 14.5. The molecule has 3 rings (SSSR count). The molecule has 0 atom stereocenters. The molecule has 1 aliphatic heterocycles. The van der Waals surface area contributed by atoms with E-state index in [0.29, 0.717) is 17.9 Å². The first-order chi connectivity index (χ1) is 10.7. The topological polar surface area (TPSA) is 38.8 Å². The summed E-state index contributed by atoms with van der Waals surface area (Å²) in [5.41, 5.74) is 0.708. The zero-order valence-corrected chi connectivity index (χ0v) is 14.3. The van der Waals surface area contributed by atoms with Crippen molar-refractivity contribution in [3.05, 3.63) is 35.9 Å². The molecule has 0 radical (unpaired) electrons. The molecular weight excluding hydrogens is 314 g/mol. The Bertz CT molecular complexity index is 696. The van der Waals surface area contributed by atoms with Crippen molar-refractivity contribution in [3.63, 3.8) is 0 Å². The molecule has 0 aromatic heterocycles. The number of Topliss-reactive ketones (excluding diaryl/α,β-unsaturated/α-hetero) is 1. The highest BCUT2D eigenvalue weighted by molar-refractivity contribution is 6.12. The third-order valence-electron chi connectivity index (χ3n) is 4.27. The van der Waals surface area contributed by atoms with Gasteiger partial charge in [-0.05, 0) is 44.1 Å². The van der Waals surface area contributed by atoms with Gasteiger partial charge in [-0.25, -0.2) is 0 Å². The number of fused-ring (bicyclic) bond motifs is 1. The fraction of sp³-hybridized carbons (Fsp3) is 0.389. The average molecular weight is 336 g/mol. The van der Waals surface area contributed by atoms with Gasteiger partial charge in [-0.3, -0.25) is 9.69 Å². The minimum Gasteiger partial charge on any atom is -0.496 e. The van der Waals surface area contributed by atoms with Crippen molar-refractivity contribution >= 4 is 29.0 Å². The second kappa shape index (κ2) is 7.66. The Morgan fingerprint density at radius 2 is 1.74 bits per heavy atom. The zero-order valence-electron chi connectivity index (χ0n) is 13.5. The number of rotatable bonds is 5. The second-order valence-corrected chi connectivity index (χ2v) is 5.60. The Labute approximate surface area is 142 Å². The van der Waals surface area contributed by atoms with Gasteiger partial charge >= 0.3 is 0 Å². The fourth-order valence-corrected chi connectivity index (χ4v) is 3.16. The number of carbonyl (C=O) groups is 1. The Balaban J connectivity index is 0.00000192. The SMILES string of the molecule is COc1ccc(C(=O)CN2CCCC2)c2c(OC)cccc12.Cl. The third-order valence-corrected chi connectivity index (χ3v) is 4.27. The zero-order chi connectivity index (χ0) is 15.5. The molecule has 0 saturated carbocycles. The van der Waals surface area contributed by atoms with Crippen LogP contribution in [-0.4, -0.2) is 44.5 Å². The number of methoxy groups -OCH3 is 2. The fourth-order valence-electron chi connectivity index (χ4n) is 3.16. The first-order valence-corrected chi connectivity index (χ1v) is 7.64. The molecule has 1 aliphatic rings. The number of ether oxygens (including phenoxy) is 2. The van der Waals surface area contributed by atoms with Crippen molar-refractivity contribution in [1.29, 1.82) is 0 Å². The summed E-state index contributed by atoms with van der Waals surface area (Å²) in [6.45, 7) is 2.49. The van der Waals surface area contributed by atoms with Gasteiger partial charge in [0.2, 0.25) is 0 Å². The molecule has 0 amide bonds. The van der Waals surface area contributed by atoms with E-state index in [4.69, 9.17) is 9.47 Å². The van der Waals surface area contributed by atoms with Crippen LogP contribution in [0.1, 0.15) is 23.2 Å². The number of hydrogen-bond donors (Lipinski definition) is 0. The molecule has 1 fully saturated rings. The maximum absolute atomic E-state index is 12.7. The van der Waals surface area contributed by atoms with E-state index >= 15 is 0 Å². The van der Waals surface area contributed by atoms with E-state index in [1.54, 1.807) is 14.2 Å². The van der Waals surface area contributed by atoms with Crippen LogP contribution in [0.2, 0.25) is 0 Å². The largest absolute Gasteiger partial charge is 0.496 e. The van der Waals surface area contributed by atoms with E-state index in [9.17, 15) is 4.79 Å². The van der Waals surface area contributed by atoms with E-state index in [1.807, 2.05) is 30.3 Å². The average Bonchev–Trinajstić information content (AvgIpc) is 3.06. The van der Waals surface area contributed by atoms with Crippen LogP contribution in [0, 0.1) is 0 Å². The van der Waals surface area contributed by atoms with Gasteiger partial charge in [0, 0.05) is 16.3 Å². The van der Waals surface area contributed by atoms with Crippen LogP contribution >= 0.6 is 12.4 Å². The van der Waals surface area contributed by atoms with E-state index in [1.165, 1.54) is 12.8 Å². The van der Waals surface area contributed by atoms with Crippen LogP contribution in [-0.2, 0) is 0 Å². The van der Waals surface area contributed by atoms with Crippen molar-refractivity contribution in [3.8, 4) is 11.5 Å². The van der Waals surface area contributed by atoms with E-state index in [0.717, 1.165) is 29.6 Å². The molecule has 2 aromatic rings. The van der Waals surface area contributed by atoms with E-state index < -0.39 is 0 Å². The monoisotopic (exact) mass is 335 g/mol. The molecule has 0 bridgehead atoms. The number of halogens is 1. The van der Waals surface area contributed by atoms with Crippen LogP contribution in [0.4, 0.5) is 0 Å². The second-order valence-electron chi connectivity index (χ2n) is 5.60. The Morgan fingerprint density at radius 1 is 1.04 bits per heavy atom. The molecule has 4 nitrogen and oxygen atoms in total. The highest BCUT2D eigenvalue weighted by Gasteiger charge is 2.20. The lowest BCUT2D eigenvalue weighted by Gasteiger charge is -2.16. The van der Waals surface area contributed by atoms with Gasteiger partial charge in [0.05, 0.1) is 20.8 Å². The Kier molecular flexibility index (Phi) is 5.85. The van der Waals surface area contributed by atoms with Crippen LogP contribution in [0.3, 0.4) is 0 Å². The van der Waals surface area contributed by atoms with Crippen molar-refractivity contribution in [2.24, 2.45) is 0 Å². The number of hydrogen-bond acceptors (Lipinski definition) is 4. The molecular formula is C18H22ClNO3. The predicted molar refractivity (Wildman–Crippen MR) is 94.3 cm³/mol. The summed E-state index contributed by atoms with van der Waals surface area (Å²) in [6, 6.07) is 9.47. The summed E-state index contributed by atoms with van der Waals surface area (Å²) >= 11 is 0. The Hall–Kier alpha value is -1.78. The summed E-state index contributed by atoms with van der Waals surface area (Å²) in [4.78, 5) is 15.0. The van der Waals surface area contributed by atoms with Crippen LogP contribution in [0.5, 0.6) is 11.5 Å². The minimum atomic E-state index is 0. The number of carbonyl (C=O) groups excluding carboxylic acids is 1. The molecule has 0 unspecified atom stereocenters.